The Kier molecular flexibility index (Phi) is 4.08. The summed E-state index contributed by atoms with van der Waals surface area (Å²) in [6, 6.07) is 13.6. The number of hydrogen-bond acceptors (Lipinski definition) is 3. The highest BCUT2D eigenvalue weighted by Crippen LogP contribution is 2.28. The van der Waals surface area contributed by atoms with Crippen LogP contribution < -0.4 is 10.1 Å². The van der Waals surface area contributed by atoms with E-state index >= 15 is 0 Å². The highest BCUT2D eigenvalue weighted by molar-refractivity contribution is 9.10. The summed E-state index contributed by atoms with van der Waals surface area (Å²) in [5.74, 6) is 0.847. The molecule has 0 fully saturated rings. The van der Waals surface area contributed by atoms with Crippen LogP contribution in [0.15, 0.2) is 40.9 Å². The molecule has 0 radical (unpaired) electrons. The van der Waals surface area contributed by atoms with Gasteiger partial charge < -0.3 is 10.1 Å². The fourth-order valence-electron chi connectivity index (χ4n) is 1.85. The van der Waals surface area contributed by atoms with Gasteiger partial charge in [-0.15, -0.1) is 0 Å². The van der Waals surface area contributed by atoms with Crippen molar-refractivity contribution in [3.05, 3.63) is 52.0 Å². The predicted octanol–water partition coefficient (Wildman–Crippen LogP) is 4.38. The quantitative estimate of drug-likeness (QED) is 0.913. The molecule has 0 aliphatic heterocycles. The summed E-state index contributed by atoms with van der Waals surface area (Å²) in [7, 11) is 1.65. The summed E-state index contributed by atoms with van der Waals surface area (Å²) < 4.78 is 6.01. The molecule has 0 saturated carbocycles. The van der Waals surface area contributed by atoms with Gasteiger partial charge in [-0.05, 0) is 58.7 Å². The molecular formula is C15H13BrN2O. The van der Waals surface area contributed by atoms with Crippen LogP contribution in [0.4, 0.5) is 11.4 Å². The molecule has 0 aliphatic rings. The standard InChI is InChI=1S/C15H13BrN2O/c1-10-8-11(6-7-15(10)19-2)18-14-5-3-4-13(16)12(14)9-17/h3-8,18H,1-2H3. The average Bonchev–Trinajstić information content (AvgIpc) is 2.39. The molecular weight excluding hydrogens is 304 g/mol. The van der Waals surface area contributed by atoms with Gasteiger partial charge in [-0.2, -0.15) is 5.26 Å². The summed E-state index contributed by atoms with van der Waals surface area (Å²) in [6.07, 6.45) is 0. The van der Waals surface area contributed by atoms with Crippen molar-refractivity contribution in [2.75, 3.05) is 12.4 Å². The Bertz CT molecular complexity index is 647. The van der Waals surface area contributed by atoms with Crippen molar-refractivity contribution in [2.45, 2.75) is 6.92 Å². The van der Waals surface area contributed by atoms with E-state index in [0.29, 0.717) is 5.56 Å². The third kappa shape index (κ3) is 2.88. The molecule has 3 nitrogen and oxygen atoms in total. The maximum atomic E-state index is 9.17. The minimum atomic E-state index is 0.593. The lowest BCUT2D eigenvalue weighted by molar-refractivity contribution is 0.412. The molecule has 0 atom stereocenters. The van der Waals surface area contributed by atoms with Crippen LogP contribution in [-0.2, 0) is 0 Å². The van der Waals surface area contributed by atoms with Crippen molar-refractivity contribution in [3.63, 3.8) is 0 Å². The molecule has 0 aliphatic carbocycles. The van der Waals surface area contributed by atoms with Crippen molar-refractivity contribution in [2.24, 2.45) is 0 Å². The number of hydrogen-bond donors (Lipinski definition) is 1. The van der Waals surface area contributed by atoms with Gasteiger partial charge in [-0.25, -0.2) is 0 Å². The SMILES string of the molecule is COc1ccc(Nc2cccc(Br)c2C#N)cc1C. The van der Waals surface area contributed by atoms with Crippen LogP contribution in [0.1, 0.15) is 11.1 Å². The molecule has 2 aromatic carbocycles. The zero-order chi connectivity index (χ0) is 13.8. The number of anilines is 2. The molecule has 0 heterocycles. The van der Waals surface area contributed by atoms with E-state index < -0.39 is 0 Å². The van der Waals surface area contributed by atoms with E-state index in [2.05, 4.69) is 27.3 Å². The van der Waals surface area contributed by atoms with E-state index in [1.165, 1.54) is 0 Å². The second kappa shape index (κ2) is 5.77. The van der Waals surface area contributed by atoms with E-state index in [9.17, 15) is 5.26 Å². The zero-order valence-corrected chi connectivity index (χ0v) is 12.3. The number of nitrogens with one attached hydrogen (secondary N) is 1. The van der Waals surface area contributed by atoms with E-state index in [1.54, 1.807) is 7.11 Å². The molecule has 2 rings (SSSR count). The van der Waals surface area contributed by atoms with Crippen LogP contribution >= 0.6 is 15.9 Å². The lowest BCUT2D eigenvalue weighted by Gasteiger charge is -2.11. The van der Waals surface area contributed by atoms with E-state index in [4.69, 9.17) is 4.74 Å². The maximum Gasteiger partial charge on any atom is 0.121 e. The van der Waals surface area contributed by atoms with Gasteiger partial charge in [0.15, 0.2) is 0 Å². The number of halogens is 1. The number of nitriles is 1. The second-order valence-electron chi connectivity index (χ2n) is 4.08. The molecule has 0 amide bonds. The van der Waals surface area contributed by atoms with Crippen molar-refractivity contribution < 1.29 is 4.74 Å². The van der Waals surface area contributed by atoms with Crippen LogP contribution in [-0.4, -0.2) is 7.11 Å². The van der Waals surface area contributed by atoms with Crippen LogP contribution in [0.25, 0.3) is 0 Å². The van der Waals surface area contributed by atoms with Gasteiger partial charge in [0.05, 0.1) is 18.4 Å². The third-order valence-electron chi connectivity index (χ3n) is 2.80. The smallest absolute Gasteiger partial charge is 0.121 e. The van der Waals surface area contributed by atoms with Crippen LogP contribution in [0.3, 0.4) is 0 Å². The topological polar surface area (TPSA) is 45.0 Å². The lowest BCUT2D eigenvalue weighted by Crippen LogP contribution is -1.95. The Morgan fingerprint density at radius 1 is 1.26 bits per heavy atom. The zero-order valence-electron chi connectivity index (χ0n) is 10.7. The third-order valence-corrected chi connectivity index (χ3v) is 3.46. The highest BCUT2D eigenvalue weighted by atomic mass is 79.9. The number of methoxy groups -OCH3 is 1. The first kappa shape index (κ1) is 13.4. The summed E-state index contributed by atoms with van der Waals surface area (Å²) in [6.45, 7) is 1.98. The molecule has 4 heteroatoms. The van der Waals surface area contributed by atoms with E-state index in [1.807, 2.05) is 43.3 Å². The predicted molar refractivity (Wildman–Crippen MR) is 79.9 cm³/mol. The molecule has 96 valence electrons. The molecule has 0 spiro atoms. The van der Waals surface area contributed by atoms with Crippen molar-refractivity contribution in [1.29, 1.82) is 5.26 Å². The molecule has 1 N–H and O–H groups in total. The molecule has 0 bridgehead atoms. The number of aryl methyl sites for hydroxylation is 1. The second-order valence-corrected chi connectivity index (χ2v) is 4.94. The van der Waals surface area contributed by atoms with Gasteiger partial charge in [0, 0.05) is 10.2 Å². The fraction of sp³-hybridized carbons (Fsp3) is 0.133. The van der Waals surface area contributed by atoms with E-state index in [-0.39, 0.29) is 0 Å². The van der Waals surface area contributed by atoms with Crippen molar-refractivity contribution in [3.8, 4) is 11.8 Å². The number of benzene rings is 2. The first-order valence-corrected chi connectivity index (χ1v) is 6.55. The highest BCUT2D eigenvalue weighted by Gasteiger charge is 2.07. The van der Waals surface area contributed by atoms with Crippen LogP contribution in [0.5, 0.6) is 5.75 Å². The average molecular weight is 317 g/mol. The monoisotopic (exact) mass is 316 g/mol. The van der Waals surface area contributed by atoms with Gasteiger partial charge >= 0.3 is 0 Å². The van der Waals surface area contributed by atoms with Gasteiger partial charge in [-0.1, -0.05) is 6.07 Å². The van der Waals surface area contributed by atoms with Gasteiger partial charge in [0.2, 0.25) is 0 Å². The Labute approximate surface area is 121 Å². The molecule has 0 unspecified atom stereocenters. The first-order valence-electron chi connectivity index (χ1n) is 5.76. The molecule has 19 heavy (non-hydrogen) atoms. The Morgan fingerprint density at radius 3 is 2.68 bits per heavy atom. The van der Waals surface area contributed by atoms with Gasteiger partial charge in [0.25, 0.3) is 0 Å². The molecule has 0 aromatic heterocycles. The first-order chi connectivity index (χ1) is 9.15. The van der Waals surface area contributed by atoms with Crippen LogP contribution in [0.2, 0.25) is 0 Å². The summed E-state index contributed by atoms with van der Waals surface area (Å²) >= 11 is 3.38. The molecule has 0 saturated heterocycles. The normalized spacial score (nSPS) is 9.79. The van der Waals surface area contributed by atoms with E-state index in [0.717, 1.165) is 27.2 Å². The van der Waals surface area contributed by atoms with Crippen molar-refractivity contribution in [1.82, 2.24) is 0 Å². The number of nitrogens with zero attached hydrogens (tertiary/aromatic N) is 1. The van der Waals surface area contributed by atoms with Gasteiger partial charge in [0.1, 0.15) is 11.8 Å². The summed E-state index contributed by atoms with van der Waals surface area (Å²) in [5.41, 5.74) is 3.34. The largest absolute Gasteiger partial charge is 0.496 e. The number of rotatable bonds is 3. The van der Waals surface area contributed by atoms with Gasteiger partial charge in [-0.3, -0.25) is 0 Å². The summed E-state index contributed by atoms with van der Waals surface area (Å²) in [4.78, 5) is 0. The Balaban J connectivity index is 2.34. The van der Waals surface area contributed by atoms with Crippen LogP contribution in [0, 0.1) is 18.3 Å². The minimum Gasteiger partial charge on any atom is -0.496 e. The minimum absolute atomic E-state index is 0.593. The van der Waals surface area contributed by atoms with Crippen molar-refractivity contribution >= 4 is 27.3 Å². The number of ether oxygens (including phenoxy) is 1. The fourth-order valence-corrected chi connectivity index (χ4v) is 2.31. The summed E-state index contributed by atoms with van der Waals surface area (Å²) in [5, 5.41) is 12.4. The maximum absolute atomic E-state index is 9.17. The Morgan fingerprint density at radius 2 is 2.05 bits per heavy atom. The Hall–Kier alpha value is -1.99. The molecule has 2 aromatic rings. The lowest BCUT2D eigenvalue weighted by atomic mass is 10.1.